The van der Waals surface area contributed by atoms with Crippen molar-refractivity contribution in [3.8, 4) is 0 Å². The van der Waals surface area contributed by atoms with Gasteiger partial charge in [0.25, 0.3) is 0 Å². The van der Waals surface area contributed by atoms with Gasteiger partial charge >= 0.3 is 0 Å². The molecule has 7 nitrogen and oxygen atoms in total. The summed E-state index contributed by atoms with van der Waals surface area (Å²) in [7, 11) is 0. The number of carbonyl (C=O) groups excluding carboxylic acids is 2. The maximum absolute atomic E-state index is 12.2. The molecule has 0 aliphatic rings. The summed E-state index contributed by atoms with van der Waals surface area (Å²) in [5.74, 6) is -0.0186. The molecule has 1 unspecified atom stereocenters. The van der Waals surface area contributed by atoms with Crippen molar-refractivity contribution < 1.29 is 9.59 Å². The second kappa shape index (κ2) is 7.14. The van der Waals surface area contributed by atoms with Gasteiger partial charge in [-0.15, -0.1) is 0 Å². The molecule has 2 amide bonds. The van der Waals surface area contributed by atoms with Crippen LogP contribution in [0.5, 0.6) is 0 Å². The molecule has 0 spiro atoms. The van der Waals surface area contributed by atoms with Crippen LogP contribution >= 0.6 is 0 Å². The van der Waals surface area contributed by atoms with E-state index in [0.717, 1.165) is 11.1 Å². The number of anilines is 2. The number of aromatic nitrogens is 2. The lowest BCUT2D eigenvalue weighted by molar-refractivity contribution is -0.117. The average Bonchev–Trinajstić information content (AvgIpc) is 2.98. The maximum atomic E-state index is 12.2. The SMILES string of the molecule is CC(N)C(=O)Nc1ccc2[nH]nc(NC(=O)Cc3ccccc3)c2c1. The van der Waals surface area contributed by atoms with E-state index in [4.69, 9.17) is 5.73 Å². The number of hydrogen-bond donors (Lipinski definition) is 4. The Balaban J connectivity index is 1.77. The van der Waals surface area contributed by atoms with Gasteiger partial charge in [-0.05, 0) is 30.7 Å². The molecule has 1 heterocycles. The van der Waals surface area contributed by atoms with Crippen molar-refractivity contribution >= 4 is 34.2 Å². The smallest absolute Gasteiger partial charge is 0.240 e. The van der Waals surface area contributed by atoms with Crippen LogP contribution in [0.1, 0.15) is 12.5 Å². The third-order valence-corrected chi connectivity index (χ3v) is 3.71. The fourth-order valence-electron chi connectivity index (χ4n) is 2.40. The van der Waals surface area contributed by atoms with E-state index in [-0.39, 0.29) is 18.2 Å². The number of benzene rings is 2. The highest BCUT2D eigenvalue weighted by Crippen LogP contribution is 2.24. The quantitative estimate of drug-likeness (QED) is 0.570. The summed E-state index contributed by atoms with van der Waals surface area (Å²) in [6.45, 7) is 1.61. The molecule has 5 N–H and O–H groups in total. The van der Waals surface area contributed by atoms with Crippen molar-refractivity contribution in [1.82, 2.24) is 10.2 Å². The molecule has 25 heavy (non-hydrogen) atoms. The summed E-state index contributed by atoms with van der Waals surface area (Å²) in [6, 6.07) is 14.1. The van der Waals surface area contributed by atoms with Crippen LogP contribution in [0.25, 0.3) is 10.9 Å². The molecule has 0 fully saturated rings. The summed E-state index contributed by atoms with van der Waals surface area (Å²) in [6.07, 6.45) is 0.260. The second-order valence-electron chi connectivity index (χ2n) is 5.82. The average molecular weight is 337 g/mol. The highest BCUT2D eigenvalue weighted by molar-refractivity contribution is 6.03. The van der Waals surface area contributed by atoms with Gasteiger partial charge in [-0.25, -0.2) is 0 Å². The molecule has 0 radical (unpaired) electrons. The van der Waals surface area contributed by atoms with Gasteiger partial charge in [0.05, 0.1) is 18.0 Å². The number of rotatable bonds is 5. The second-order valence-corrected chi connectivity index (χ2v) is 5.82. The number of nitrogens with two attached hydrogens (primary N) is 1. The van der Waals surface area contributed by atoms with E-state index in [2.05, 4.69) is 20.8 Å². The van der Waals surface area contributed by atoms with Crippen molar-refractivity contribution in [3.05, 3.63) is 54.1 Å². The highest BCUT2D eigenvalue weighted by Gasteiger charge is 2.12. The third-order valence-electron chi connectivity index (χ3n) is 3.71. The number of amides is 2. The summed E-state index contributed by atoms with van der Waals surface area (Å²) in [4.78, 5) is 23.9. The molecule has 2 aromatic carbocycles. The molecule has 3 aromatic rings. The van der Waals surface area contributed by atoms with Crippen LogP contribution in [0, 0.1) is 0 Å². The fourth-order valence-corrected chi connectivity index (χ4v) is 2.40. The van der Waals surface area contributed by atoms with Gasteiger partial charge in [0.1, 0.15) is 0 Å². The van der Waals surface area contributed by atoms with E-state index < -0.39 is 6.04 Å². The predicted molar refractivity (Wildman–Crippen MR) is 97.1 cm³/mol. The van der Waals surface area contributed by atoms with E-state index in [1.165, 1.54) is 0 Å². The van der Waals surface area contributed by atoms with Gasteiger partial charge in [0.2, 0.25) is 11.8 Å². The van der Waals surface area contributed by atoms with Crippen LogP contribution in [0.4, 0.5) is 11.5 Å². The minimum absolute atomic E-state index is 0.162. The zero-order valence-corrected chi connectivity index (χ0v) is 13.7. The van der Waals surface area contributed by atoms with Crippen LogP contribution in [-0.2, 0) is 16.0 Å². The summed E-state index contributed by atoms with van der Waals surface area (Å²) in [5.41, 5.74) is 7.83. The number of aromatic amines is 1. The van der Waals surface area contributed by atoms with Crippen molar-refractivity contribution in [2.75, 3.05) is 10.6 Å². The minimum atomic E-state index is -0.606. The van der Waals surface area contributed by atoms with E-state index in [1.807, 2.05) is 30.3 Å². The Labute approximate surface area is 144 Å². The van der Waals surface area contributed by atoms with Crippen LogP contribution in [0.2, 0.25) is 0 Å². The lowest BCUT2D eigenvalue weighted by Gasteiger charge is -2.08. The monoisotopic (exact) mass is 337 g/mol. The first kappa shape index (κ1) is 16.7. The lowest BCUT2D eigenvalue weighted by Crippen LogP contribution is -2.32. The predicted octanol–water partition coefficient (Wildman–Crippen LogP) is 2.03. The molecule has 128 valence electrons. The van der Waals surface area contributed by atoms with Gasteiger partial charge in [-0.3, -0.25) is 14.7 Å². The Morgan fingerprint density at radius 2 is 1.92 bits per heavy atom. The summed E-state index contributed by atoms with van der Waals surface area (Å²) in [5, 5.41) is 13.2. The number of nitrogens with one attached hydrogen (secondary N) is 3. The van der Waals surface area contributed by atoms with Gasteiger partial charge in [-0.2, -0.15) is 5.10 Å². The Kier molecular flexibility index (Phi) is 4.76. The number of fused-ring (bicyclic) bond motifs is 1. The first-order valence-electron chi connectivity index (χ1n) is 7.91. The molecule has 1 atom stereocenters. The molecule has 0 aliphatic carbocycles. The zero-order valence-electron chi connectivity index (χ0n) is 13.7. The molecular weight excluding hydrogens is 318 g/mol. The van der Waals surface area contributed by atoms with Gasteiger partial charge in [0, 0.05) is 11.1 Å². The van der Waals surface area contributed by atoms with Gasteiger partial charge < -0.3 is 16.4 Å². The number of H-pyrrole nitrogens is 1. The molecule has 7 heteroatoms. The Hall–Kier alpha value is -3.19. The van der Waals surface area contributed by atoms with Gasteiger partial charge in [-0.1, -0.05) is 30.3 Å². The molecule has 0 saturated carbocycles. The number of hydrogen-bond acceptors (Lipinski definition) is 4. The topological polar surface area (TPSA) is 113 Å². The van der Waals surface area contributed by atoms with E-state index in [9.17, 15) is 9.59 Å². The maximum Gasteiger partial charge on any atom is 0.240 e. The summed E-state index contributed by atoms with van der Waals surface area (Å²) < 4.78 is 0. The van der Waals surface area contributed by atoms with Crippen molar-refractivity contribution in [1.29, 1.82) is 0 Å². The Morgan fingerprint density at radius 1 is 1.16 bits per heavy atom. The molecular formula is C18H19N5O2. The molecule has 0 aliphatic heterocycles. The summed E-state index contributed by atoms with van der Waals surface area (Å²) >= 11 is 0. The largest absolute Gasteiger partial charge is 0.325 e. The van der Waals surface area contributed by atoms with Gasteiger partial charge in [0.15, 0.2) is 5.82 Å². The first-order chi connectivity index (χ1) is 12.0. The zero-order chi connectivity index (χ0) is 17.8. The number of carbonyl (C=O) groups is 2. The van der Waals surface area contributed by atoms with Crippen LogP contribution in [0.3, 0.4) is 0 Å². The third kappa shape index (κ3) is 4.02. The first-order valence-corrected chi connectivity index (χ1v) is 7.91. The molecule has 0 bridgehead atoms. The molecule has 3 rings (SSSR count). The standard InChI is InChI=1S/C18H19N5O2/c1-11(19)18(25)20-13-7-8-15-14(10-13)17(23-22-15)21-16(24)9-12-5-3-2-4-6-12/h2-8,10-11H,9,19H2,1H3,(H,20,25)(H2,21,22,23,24). The van der Waals surface area contributed by atoms with E-state index in [1.54, 1.807) is 25.1 Å². The van der Waals surface area contributed by atoms with Crippen LogP contribution < -0.4 is 16.4 Å². The number of nitrogens with zero attached hydrogens (tertiary/aromatic N) is 1. The van der Waals surface area contributed by atoms with Crippen LogP contribution in [-0.4, -0.2) is 28.1 Å². The molecule has 0 saturated heterocycles. The van der Waals surface area contributed by atoms with Crippen LogP contribution in [0.15, 0.2) is 48.5 Å². The normalized spacial score (nSPS) is 11.9. The Bertz CT molecular complexity index is 902. The van der Waals surface area contributed by atoms with Crippen molar-refractivity contribution in [2.24, 2.45) is 5.73 Å². The Morgan fingerprint density at radius 3 is 2.64 bits per heavy atom. The minimum Gasteiger partial charge on any atom is -0.325 e. The van der Waals surface area contributed by atoms with E-state index >= 15 is 0 Å². The fraction of sp³-hybridized carbons (Fsp3) is 0.167. The molecule has 1 aromatic heterocycles. The van der Waals surface area contributed by atoms with Crippen molar-refractivity contribution in [3.63, 3.8) is 0 Å². The lowest BCUT2D eigenvalue weighted by atomic mass is 10.1. The highest BCUT2D eigenvalue weighted by atomic mass is 16.2. The van der Waals surface area contributed by atoms with E-state index in [0.29, 0.717) is 16.9 Å². The van der Waals surface area contributed by atoms with Crippen molar-refractivity contribution in [2.45, 2.75) is 19.4 Å².